The summed E-state index contributed by atoms with van der Waals surface area (Å²) in [6, 6.07) is 15.5. The smallest absolute Gasteiger partial charge is 0.325 e. The molecule has 0 aromatic heterocycles. The number of esters is 1. The summed E-state index contributed by atoms with van der Waals surface area (Å²) in [7, 11) is 1.31. The van der Waals surface area contributed by atoms with Crippen LogP contribution in [0.1, 0.15) is 37.5 Å². The van der Waals surface area contributed by atoms with E-state index in [2.05, 4.69) is 26.8 Å². The standard InChI is InChI=1S/C23H29NO4/c1-17-11-12-20(19(13-17)23(2,3)4)28-16-21(25)24(15-22(26)27-5)14-18-9-7-6-8-10-18/h6-13H,14-16H2,1-5H3. The van der Waals surface area contributed by atoms with Gasteiger partial charge in [0.2, 0.25) is 0 Å². The zero-order chi connectivity index (χ0) is 20.7. The molecule has 0 atom stereocenters. The topological polar surface area (TPSA) is 55.8 Å². The van der Waals surface area contributed by atoms with E-state index in [0.717, 1.165) is 16.7 Å². The molecule has 0 aliphatic heterocycles. The minimum atomic E-state index is -0.463. The normalized spacial score (nSPS) is 11.0. The van der Waals surface area contributed by atoms with Gasteiger partial charge >= 0.3 is 5.97 Å². The summed E-state index contributed by atoms with van der Waals surface area (Å²) in [5, 5.41) is 0. The molecule has 0 radical (unpaired) electrons. The fourth-order valence-corrected chi connectivity index (χ4v) is 2.84. The first-order valence-electron chi connectivity index (χ1n) is 9.33. The Hall–Kier alpha value is -2.82. The van der Waals surface area contributed by atoms with Crippen LogP contribution in [-0.4, -0.2) is 37.0 Å². The average Bonchev–Trinajstić information content (AvgIpc) is 2.66. The fourth-order valence-electron chi connectivity index (χ4n) is 2.84. The zero-order valence-electron chi connectivity index (χ0n) is 17.3. The Bertz CT molecular complexity index is 809. The van der Waals surface area contributed by atoms with Crippen molar-refractivity contribution in [1.29, 1.82) is 0 Å². The van der Waals surface area contributed by atoms with E-state index in [4.69, 9.17) is 9.47 Å². The molecule has 2 aromatic carbocycles. The van der Waals surface area contributed by atoms with E-state index in [1.807, 2.05) is 49.4 Å². The van der Waals surface area contributed by atoms with Gasteiger partial charge in [0.05, 0.1) is 7.11 Å². The lowest BCUT2D eigenvalue weighted by Gasteiger charge is -2.25. The van der Waals surface area contributed by atoms with Crippen LogP contribution in [0.4, 0.5) is 0 Å². The van der Waals surface area contributed by atoms with E-state index in [1.54, 1.807) is 0 Å². The van der Waals surface area contributed by atoms with E-state index in [1.165, 1.54) is 12.0 Å². The molecular formula is C23H29NO4. The maximum Gasteiger partial charge on any atom is 0.325 e. The van der Waals surface area contributed by atoms with Gasteiger partial charge in [0.25, 0.3) is 5.91 Å². The summed E-state index contributed by atoms with van der Waals surface area (Å²) in [5.74, 6) is -0.0473. The van der Waals surface area contributed by atoms with Gasteiger partial charge in [-0.2, -0.15) is 0 Å². The SMILES string of the molecule is COC(=O)CN(Cc1ccccc1)C(=O)COc1ccc(C)cc1C(C)(C)C. The third-order valence-corrected chi connectivity index (χ3v) is 4.41. The summed E-state index contributed by atoms with van der Waals surface area (Å²) >= 11 is 0. The lowest BCUT2D eigenvalue weighted by atomic mass is 9.85. The number of benzene rings is 2. The van der Waals surface area contributed by atoms with Crippen molar-refractivity contribution < 1.29 is 19.1 Å². The molecule has 5 nitrogen and oxygen atoms in total. The highest BCUT2D eigenvalue weighted by molar-refractivity contribution is 5.83. The number of carbonyl (C=O) groups is 2. The van der Waals surface area contributed by atoms with E-state index in [0.29, 0.717) is 12.3 Å². The van der Waals surface area contributed by atoms with Crippen LogP contribution in [0.15, 0.2) is 48.5 Å². The molecule has 2 aromatic rings. The molecular weight excluding hydrogens is 354 g/mol. The van der Waals surface area contributed by atoms with Gasteiger partial charge in [-0.05, 0) is 29.5 Å². The number of methoxy groups -OCH3 is 1. The first-order valence-corrected chi connectivity index (χ1v) is 9.33. The second kappa shape index (κ2) is 9.40. The lowest BCUT2D eigenvalue weighted by molar-refractivity contribution is -0.148. The van der Waals surface area contributed by atoms with Gasteiger partial charge in [0.15, 0.2) is 6.61 Å². The third kappa shape index (κ3) is 6.12. The third-order valence-electron chi connectivity index (χ3n) is 4.41. The largest absolute Gasteiger partial charge is 0.483 e. The molecule has 1 amide bonds. The predicted octanol–water partition coefficient (Wildman–Crippen LogP) is 3.87. The van der Waals surface area contributed by atoms with E-state index in [9.17, 15) is 9.59 Å². The number of carbonyl (C=O) groups excluding carboxylic acids is 2. The summed E-state index contributed by atoms with van der Waals surface area (Å²) in [4.78, 5) is 26.0. The van der Waals surface area contributed by atoms with Gasteiger partial charge in [-0.3, -0.25) is 9.59 Å². The second-order valence-electron chi connectivity index (χ2n) is 7.85. The molecule has 0 saturated carbocycles. The Balaban J connectivity index is 2.14. The number of ether oxygens (including phenoxy) is 2. The van der Waals surface area contributed by atoms with Gasteiger partial charge in [0.1, 0.15) is 12.3 Å². The van der Waals surface area contributed by atoms with Crippen LogP contribution in [0.3, 0.4) is 0 Å². The summed E-state index contributed by atoms with van der Waals surface area (Å²) in [6.45, 7) is 8.41. The highest BCUT2D eigenvalue weighted by Crippen LogP contribution is 2.32. The van der Waals surface area contributed by atoms with Crippen molar-refractivity contribution in [3.8, 4) is 5.75 Å². The van der Waals surface area contributed by atoms with Crippen LogP contribution < -0.4 is 4.74 Å². The zero-order valence-corrected chi connectivity index (χ0v) is 17.3. The van der Waals surface area contributed by atoms with Crippen molar-refractivity contribution in [2.45, 2.75) is 39.7 Å². The molecule has 0 bridgehead atoms. The number of hydrogen-bond donors (Lipinski definition) is 0. The molecule has 0 fully saturated rings. The van der Waals surface area contributed by atoms with Crippen LogP contribution in [-0.2, 0) is 26.3 Å². The van der Waals surface area contributed by atoms with E-state index in [-0.39, 0.29) is 24.5 Å². The molecule has 0 spiro atoms. The summed E-state index contributed by atoms with van der Waals surface area (Å²) in [6.07, 6.45) is 0. The first-order chi connectivity index (χ1) is 13.2. The number of amides is 1. The molecule has 0 unspecified atom stereocenters. The quantitative estimate of drug-likeness (QED) is 0.681. The van der Waals surface area contributed by atoms with Crippen LogP contribution >= 0.6 is 0 Å². The fraction of sp³-hybridized carbons (Fsp3) is 0.391. The first kappa shape index (κ1) is 21.5. The second-order valence-corrected chi connectivity index (χ2v) is 7.85. The number of aryl methyl sites for hydroxylation is 1. The Morgan fingerprint density at radius 1 is 1.04 bits per heavy atom. The molecule has 0 heterocycles. The Labute approximate surface area is 167 Å². The minimum absolute atomic E-state index is 0.111. The molecule has 5 heteroatoms. The van der Waals surface area contributed by atoms with Gasteiger partial charge < -0.3 is 14.4 Å². The molecule has 0 N–H and O–H groups in total. The molecule has 28 heavy (non-hydrogen) atoms. The predicted molar refractivity (Wildman–Crippen MR) is 109 cm³/mol. The molecule has 2 rings (SSSR count). The average molecular weight is 383 g/mol. The molecule has 0 aliphatic carbocycles. The summed E-state index contributed by atoms with van der Waals surface area (Å²) < 4.78 is 10.6. The molecule has 150 valence electrons. The van der Waals surface area contributed by atoms with Crippen molar-refractivity contribution in [1.82, 2.24) is 4.90 Å². The Morgan fingerprint density at radius 3 is 2.32 bits per heavy atom. The lowest BCUT2D eigenvalue weighted by Crippen LogP contribution is -2.38. The van der Waals surface area contributed by atoms with Gasteiger partial charge in [-0.25, -0.2) is 0 Å². The van der Waals surface area contributed by atoms with E-state index < -0.39 is 5.97 Å². The summed E-state index contributed by atoms with van der Waals surface area (Å²) in [5.41, 5.74) is 3.01. The Kier molecular flexibility index (Phi) is 7.21. The number of nitrogens with zero attached hydrogens (tertiary/aromatic N) is 1. The van der Waals surface area contributed by atoms with Crippen LogP contribution in [0.2, 0.25) is 0 Å². The molecule has 0 aliphatic rings. The maximum atomic E-state index is 12.8. The van der Waals surface area contributed by atoms with Crippen LogP contribution in [0.5, 0.6) is 5.75 Å². The van der Waals surface area contributed by atoms with Gasteiger partial charge in [-0.15, -0.1) is 0 Å². The number of hydrogen-bond acceptors (Lipinski definition) is 4. The highest BCUT2D eigenvalue weighted by atomic mass is 16.5. The van der Waals surface area contributed by atoms with Crippen molar-refractivity contribution in [2.24, 2.45) is 0 Å². The number of rotatable bonds is 7. The van der Waals surface area contributed by atoms with Crippen molar-refractivity contribution in [3.05, 3.63) is 65.2 Å². The molecule has 0 saturated heterocycles. The van der Waals surface area contributed by atoms with Crippen LogP contribution in [0, 0.1) is 6.92 Å². The van der Waals surface area contributed by atoms with Crippen molar-refractivity contribution in [3.63, 3.8) is 0 Å². The maximum absolute atomic E-state index is 12.8. The monoisotopic (exact) mass is 383 g/mol. The van der Waals surface area contributed by atoms with E-state index >= 15 is 0 Å². The van der Waals surface area contributed by atoms with Crippen molar-refractivity contribution in [2.75, 3.05) is 20.3 Å². The van der Waals surface area contributed by atoms with Gasteiger partial charge in [0, 0.05) is 6.54 Å². The Morgan fingerprint density at radius 2 is 1.71 bits per heavy atom. The van der Waals surface area contributed by atoms with Crippen molar-refractivity contribution >= 4 is 11.9 Å². The van der Waals surface area contributed by atoms with Gasteiger partial charge in [-0.1, -0.05) is 68.8 Å². The minimum Gasteiger partial charge on any atom is -0.483 e. The van der Waals surface area contributed by atoms with Crippen LogP contribution in [0.25, 0.3) is 0 Å². The highest BCUT2D eigenvalue weighted by Gasteiger charge is 2.22.